The van der Waals surface area contributed by atoms with Gasteiger partial charge in [-0.25, -0.2) is 0 Å². The molecule has 0 bridgehead atoms. The molecule has 1 amide bonds. The molecule has 100 valence electrons. The summed E-state index contributed by atoms with van der Waals surface area (Å²) in [4.78, 5) is 15.0. The summed E-state index contributed by atoms with van der Waals surface area (Å²) in [6.07, 6.45) is 3.98. The Morgan fingerprint density at radius 2 is 1.94 bits per heavy atom. The van der Waals surface area contributed by atoms with Crippen molar-refractivity contribution in [2.24, 2.45) is 29.6 Å². The summed E-state index contributed by atoms with van der Waals surface area (Å²) in [7, 11) is 0. The second-order valence-corrected chi connectivity index (χ2v) is 7.41. The van der Waals surface area contributed by atoms with Crippen LogP contribution in [-0.2, 0) is 4.79 Å². The summed E-state index contributed by atoms with van der Waals surface area (Å²) >= 11 is 0. The monoisotopic (exact) mass is 248 g/mol. The second-order valence-electron chi connectivity index (χ2n) is 7.41. The van der Waals surface area contributed by atoms with Crippen LogP contribution in [0.3, 0.4) is 0 Å². The average molecular weight is 248 g/mol. The fourth-order valence-corrected chi connectivity index (χ4v) is 5.16. The lowest BCUT2D eigenvalue weighted by atomic mass is 9.84. The summed E-state index contributed by atoms with van der Waals surface area (Å²) in [6.45, 7) is 7.76. The highest BCUT2D eigenvalue weighted by Crippen LogP contribution is 2.59. The van der Waals surface area contributed by atoms with Gasteiger partial charge in [0.15, 0.2) is 0 Å². The zero-order chi connectivity index (χ0) is 12.5. The van der Waals surface area contributed by atoms with E-state index in [-0.39, 0.29) is 5.54 Å². The van der Waals surface area contributed by atoms with Crippen molar-refractivity contribution in [2.75, 3.05) is 19.6 Å². The van der Waals surface area contributed by atoms with Gasteiger partial charge in [-0.1, -0.05) is 6.42 Å². The molecule has 0 aromatic heterocycles. The molecule has 2 saturated heterocycles. The number of rotatable bonds is 1. The fraction of sp³-hybridized carbons (Fsp3) is 0.933. The Morgan fingerprint density at radius 1 is 1.22 bits per heavy atom. The van der Waals surface area contributed by atoms with Crippen LogP contribution < -0.4 is 5.32 Å². The van der Waals surface area contributed by atoms with Crippen LogP contribution in [0.2, 0.25) is 0 Å². The molecule has 0 spiro atoms. The van der Waals surface area contributed by atoms with E-state index in [0.717, 1.165) is 31.5 Å². The van der Waals surface area contributed by atoms with E-state index in [0.29, 0.717) is 23.7 Å². The molecule has 0 aromatic rings. The highest BCUT2D eigenvalue weighted by atomic mass is 16.2. The van der Waals surface area contributed by atoms with Crippen molar-refractivity contribution in [1.29, 1.82) is 0 Å². The number of fused-ring (bicyclic) bond motifs is 2. The van der Waals surface area contributed by atoms with E-state index in [1.54, 1.807) is 0 Å². The molecular formula is C15H24N2O. The van der Waals surface area contributed by atoms with Crippen molar-refractivity contribution in [1.82, 2.24) is 10.2 Å². The average Bonchev–Trinajstić information content (AvgIpc) is 2.79. The number of nitrogens with zero attached hydrogens (tertiary/aromatic N) is 1. The molecule has 4 rings (SSSR count). The minimum absolute atomic E-state index is 0.0716. The van der Waals surface area contributed by atoms with Gasteiger partial charge in [0.25, 0.3) is 0 Å². The topological polar surface area (TPSA) is 32.3 Å². The standard InChI is InChI=1S/C15H24N2O/c1-15(2)12-7-16-6-9(12)8-17(15)14(18)13-10-4-3-5-11(10)13/h9-13,16H,3-8H2,1-2H3. The van der Waals surface area contributed by atoms with E-state index in [9.17, 15) is 4.79 Å². The molecule has 4 atom stereocenters. The van der Waals surface area contributed by atoms with E-state index < -0.39 is 0 Å². The van der Waals surface area contributed by atoms with E-state index in [1.165, 1.54) is 19.3 Å². The van der Waals surface area contributed by atoms with Gasteiger partial charge < -0.3 is 10.2 Å². The zero-order valence-electron chi connectivity index (χ0n) is 11.5. The van der Waals surface area contributed by atoms with Crippen molar-refractivity contribution in [2.45, 2.75) is 38.6 Å². The third kappa shape index (κ3) is 1.31. The minimum Gasteiger partial charge on any atom is -0.337 e. The largest absolute Gasteiger partial charge is 0.337 e. The van der Waals surface area contributed by atoms with Gasteiger partial charge in [0.2, 0.25) is 5.91 Å². The Balaban J connectivity index is 1.53. The van der Waals surface area contributed by atoms with Crippen LogP contribution >= 0.6 is 0 Å². The van der Waals surface area contributed by atoms with Crippen molar-refractivity contribution in [3.8, 4) is 0 Å². The molecular weight excluding hydrogens is 224 g/mol. The molecule has 1 N–H and O–H groups in total. The van der Waals surface area contributed by atoms with Crippen molar-refractivity contribution in [3.05, 3.63) is 0 Å². The first-order chi connectivity index (χ1) is 8.60. The number of amides is 1. The maximum Gasteiger partial charge on any atom is 0.226 e. The lowest BCUT2D eigenvalue weighted by Crippen LogP contribution is -2.48. The Kier molecular flexibility index (Phi) is 2.19. The van der Waals surface area contributed by atoms with E-state index in [2.05, 4.69) is 24.1 Å². The normalized spacial score (nSPS) is 48.1. The maximum atomic E-state index is 12.8. The number of nitrogens with one attached hydrogen (secondary N) is 1. The molecule has 3 heteroatoms. The van der Waals surface area contributed by atoms with Crippen molar-refractivity contribution < 1.29 is 4.79 Å². The number of carbonyl (C=O) groups is 1. The third-order valence-corrected chi connectivity index (χ3v) is 6.32. The molecule has 2 saturated carbocycles. The summed E-state index contributed by atoms with van der Waals surface area (Å²) in [6, 6.07) is 0. The van der Waals surface area contributed by atoms with E-state index in [4.69, 9.17) is 0 Å². The van der Waals surface area contributed by atoms with Crippen LogP contribution in [-0.4, -0.2) is 36.0 Å². The molecule has 2 aliphatic carbocycles. The fourth-order valence-electron chi connectivity index (χ4n) is 5.16. The molecule has 3 nitrogen and oxygen atoms in total. The molecule has 4 unspecified atom stereocenters. The van der Waals surface area contributed by atoms with Crippen LogP contribution in [0.4, 0.5) is 0 Å². The molecule has 0 aromatic carbocycles. The van der Waals surface area contributed by atoms with Gasteiger partial charge in [0.05, 0.1) is 0 Å². The molecule has 2 heterocycles. The van der Waals surface area contributed by atoms with Crippen LogP contribution in [0.15, 0.2) is 0 Å². The number of hydrogen-bond donors (Lipinski definition) is 1. The molecule has 4 aliphatic rings. The molecule has 2 aliphatic heterocycles. The first-order valence-corrected chi connectivity index (χ1v) is 7.63. The summed E-state index contributed by atoms with van der Waals surface area (Å²) in [5, 5.41) is 3.49. The van der Waals surface area contributed by atoms with Gasteiger partial charge in [-0.05, 0) is 50.4 Å². The second kappa shape index (κ2) is 3.50. The highest BCUT2D eigenvalue weighted by molar-refractivity contribution is 5.83. The van der Waals surface area contributed by atoms with Crippen LogP contribution in [0, 0.1) is 29.6 Å². The number of hydrogen-bond acceptors (Lipinski definition) is 2. The zero-order valence-corrected chi connectivity index (χ0v) is 11.5. The van der Waals surface area contributed by atoms with Crippen LogP contribution in [0.25, 0.3) is 0 Å². The Bertz CT molecular complexity index is 382. The van der Waals surface area contributed by atoms with Gasteiger partial charge in [-0.3, -0.25) is 4.79 Å². The Labute approximate surface area is 109 Å². The molecule has 4 fully saturated rings. The maximum absolute atomic E-state index is 12.8. The Hall–Kier alpha value is -0.570. The van der Waals surface area contributed by atoms with Gasteiger partial charge in [0.1, 0.15) is 0 Å². The lowest BCUT2D eigenvalue weighted by Gasteiger charge is -2.36. The summed E-state index contributed by atoms with van der Waals surface area (Å²) in [5.41, 5.74) is 0.0716. The van der Waals surface area contributed by atoms with Gasteiger partial charge >= 0.3 is 0 Å². The lowest BCUT2D eigenvalue weighted by molar-refractivity contribution is -0.137. The van der Waals surface area contributed by atoms with Crippen LogP contribution in [0.5, 0.6) is 0 Å². The Morgan fingerprint density at radius 3 is 2.61 bits per heavy atom. The molecule has 18 heavy (non-hydrogen) atoms. The van der Waals surface area contributed by atoms with Gasteiger partial charge in [-0.15, -0.1) is 0 Å². The predicted octanol–water partition coefficient (Wildman–Crippen LogP) is 1.49. The van der Waals surface area contributed by atoms with Gasteiger partial charge in [-0.2, -0.15) is 0 Å². The first kappa shape index (κ1) is 11.3. The summed E-state index contributed by atoms with van der Waals surface area (Å²) < 4.78 is 0. The summed E-state index contributed by atoms with van der Waals surface area (Å²) in [5.74, 6) is 3.77. The van der Waals surface area contributed by atoms with Crippen LogP contribution in [0.1, 0.15) is 33.1 Å². The number of carbonyl (C=O) groups excluding carboxylic acids is 1. The number of likely N-dealkylation sites (tertiary alicyclic amines) is 1. The van der Waals surface area contributed by atoms with Crippen molar-refractivity contribution >= 4 is 5.91 Å². The SMILES string of the molecule is CC1(C)C2CNCC2CN1C(=O)C1C2CCCC21. The third-order valence-electron chi connectivity index (χ3n) is 6.32. The quantitative estimate of drug-likeness (QED) is 0.762. The first-order valence-electron chi connectivity index (χ1n) is 7.63. The van der Waals surface area contributed by atoms with Gasteiger partial charge in [0, 0.05) is 31.1 Å². The van der Waals surface area contributed by atoms with Crippen molar-refractivity contribution in [3.63, 3.8) is 0 Å². The minimum atomic E-state index is 0.0716. The van der Waals surface area contributed by atoms with E-state index >= 15 is 0 Å². The smallest absolute Gasteiger partial charge is 0.226 e. The molecule has 0 radical (unpaired) electrons. The highest BCUT2D eigenvalue weighted by Gasteiger charge is 2.61. The van der Waals surface area contributed by atoms with E-state index in [1.807, 2.05) is 0 Å². The predicted molar refractivity (Wildman–Crippen MR) is 70.0 cm³/mol.